The smallest absolute Gasteiger partial charge is 0.422 e. The van der Waals surface area contributed by atoms with Gasteiger partial charge in [-0.05, 0) is 48.0 Å². The van der Waals surface area contributed by atoms with E-state index in [1.807, 2.05) is 16.7 Å². The summed E-state index contributed by atoms with van der Waals surface area (Å²) in [5, 5.41) is 4.66. The lowest BCUT2D eigenvalue weighted by molar-refractivity contribution is -0.153. The predicted octanol–water partition coefficient (Wildman–Crippen LogP) is 7.50. The molecule has 1 aliphatic rings. The number of halogens is 6. The summed E-state index contributed by atoms with van der Waals surface area (Å²) in [4.78, 5) is 30.7. The van der Waals surface area contributed by atoms with Gasteiger partial charge in [0, 0.05) is 63.4 Å². The van der Waals surface area contributed by atoms with Crippen LogP contribution in [0.15, 0.2) is 89.7 Å². The van der Waals surface area contributed by atoms with Crippen LogP contribution in [-0.2, 0) is 24.0 Å². The van der Waals surface area contributed by atoms with Crippen molar-refractivity contribution in [3.05, 3.63) is 102 Å². The Kier molecular flexibility index (Phi) is 10.9. The van der Waals surface area contributed by atoms with Gasteiger partial charge in [0.25, 0.3) is 11.8 Å². The van der Waals surface area contributed by atoms with Crippen molar-refractivity contribution in [2.24, 2.45) is 0 Å². The highest BCUT2D eigenvalue weighted by molar-refractivity contribution is 5.99. The van der Waals surface area contributed by atoms with Gasteiger partial charge in [-0.25, -0.2) is 9.97 Å². The fourth-order valence-electron chi connectivity index (χ4n) is 6.14. The summed E-state index contributed by atoms with van der Waals surface area (Å²) in [6.07, 6.45) is -6.14. The Morgan fingerprint density at radius 3 is 2.25 bits per heavy atom. The van der Waals surface area contributed by atoms with Crippen LogP contribution in [0.25, 0.3) is 33.9 Å². The van der Waals surface area contributed by atoms with Gasteiger partial charge in [-0.15, -0.1) is 0 Å². The highest BCUT2D eigenvalue weighted by Gasteiger charge is 2.31. The van der Waals surface area contributed by atoms with Crippen molar-refractivity contribution in [3.8, 4) is 40.4 Å². The summed E-state index contributed by atoms with van der Waals surface area (Å²) in [7, 11) is 1.58. The van der Waals surface area contributed by atoms with Crippen molar-refractivity contribution in [1.29, 1.82) is 0 Å². The van der Waals surface area contributed by atoms with Gasteiger partial charge in [0.05, 0.1) is 30.1 Å². The van der Waals surface area contributed by atoms with Gasteiger partial charge in [0.15, 0.2) is 6.61 Å². The average Bonchev–Trinajstić information content (AvgIpc) is 3.82. The number of methoxy groups -OCH3 is 1. The number of amides is 1. The number of fused-ring (bicyclic) bond motifs is 1. The molecular formula is C38H33F6N7O5. The molecule has 4 heterocycles. The normalized spacial score (nSPS) is 14.0. The van der Waals surface area contributed by atoms with Gasteiger partial charge in [0.2, 0.25) is 11.7 Å². The molecule has 0 radical (unpaired) electrons. The van der Waals surface area contributed by atoms with E-state index in [0.29, 0.717) is 62.9 Å². The number of aromatic nitrogens is 5. The van der Waals surface area contributed by atoms with Crippen molar-refractivity contribution in [2.75, 3.05) is 46.5 Å². The zero-order valence-electron chi connectivity index (χ0n) is 29.7. The monoisotopic (exact) mass is 781 g/mol. The van der Waals surface area contributed by atoms with Gasteiger partial charge in [-0.3, -0.25) is 9.69 Å². The van der Waals surface area contributed by atoms with E-state index in [9.17, 15) is 31.1 Å². The number of alkyl halides is 6. The lowest BCUT2D eigenvalue weighted by Gasteiger charge is -2.35. The molecule has 56 heavy (non-hydrogen) atoms. The molecule has 0 saturated carbocycles. The minimum Gasteiger partial charge on any atom is -0.484 e. The van der Waals surface area contributed by atoms with E-state index in [1.54, 1.807) is 36.3 Å². The third kappa shape index (κ3) is 9.09. The van der Waals surface area contributed by atoms with Crippen molar-refractivity contribution in [1.82, 2.24) is 34.5 Å². The number of carbonyl (C=O) groups is 1. The van der Waals surface area contributed by atoms with Crippen molar-refractivity contribution in [2.45, 2.75) is 25.4 Å². The highest BCUT2D eigenvalue weighted by atomic mass is 19.4. The minimum atomic E-state index is -4.46. The summed E-state index contributed by atoms with van der Waals surface area (Å²) in [6, 6.07) is 18.1. The van der Waals surface area contributed by atoms with Crippen LogP contribution in [0.5, 0.6) is 17.4 Å². The Labute approximate surface area is 315 Å². The molecule has 0 atom stereocenters. The summed E-state index contributed by atoms with van der Waals surface area (Å²) in [6.45, 7) is 2.19. The molecule has 292 valence electrons. The molecule has 1 amide bonds. The van der Waals surface area contributed by atoms with E-state index in [2.05, 4.69) is 25.0 Å². The molecule has 0 N–H and O–H groups in total. The second kappa shape index (κ2) is 16.0. The molecule has 18 heteroatoms. The zero-order valence-corrected chi connectivity index (χ0v) is 29.7. The SMILES string of the molecule is COCCn1c(C(=O)N2CCN(Cc3ccc(OCC(F)(F)F)cc3)CC2)cc2ccc(Oc3cnc(-c4nc(-c5ccc(C(F)(F)F)cc5)no4)cn3)cc21. The van der Waals surface area contributed by atoms with Gasteiger partial charge >= 0.3 is 12.4 Å². The third-order valence-electron chi connectivity index (χ3n) is 8.97. The maximum atomic E-state index is 13.9. The molecule has 12 nitrogen and oxygen atoms in total. The number of ether oxygens (including phenoxy) is 3. The van der Waals surface area contributed by atoms with E-state index in [0.717, 1.165) is 28.6 Å². The molecule has 3 aromatic carbocycles. The number of carbonyl (C=O) groups excluding carboxylic acids is 1. The Balaban J connectivity index is 0.990. The quantitative estimate of drug-likeness (QED) is 0.115. The average molecular weight is 782 g/mol. The van der Waals surface area contributed by atoms with Gasteiger partial charge < -0.3 is 28.2 Å². The predicted molar refractivity (Wildman–Crippen MR) is 189 cm³/mol. The van der Waals surface area contributed by atoms with Gasteiger partial charge in [-0.1, -0.05) is 29.4 Å². The molecule has 1 aliphatic heterocycles. The number of piperazine rings is 1. The van der Waals surface area contributed by atoms with Crippen LogP contribution >= 0.6 is 0 Å². The third-order valence-corrected chi connectivity index (χ3v) is 8.97. The van der Waals surface area contributed by atoms with Crippen molar-refractivity contribution < 1.29 is 49.9 Å². The summed E-state index contributed by atoms with van der Waals surface area (Å²) >= 11 is 0. The van der Waals surface area contributed by atoms with Crippen molar-refractivity contribution in [3.63, 3.8) is 0 Å². The molecule has 0 bridgehead atoms. The van der Waals surface area contributed by atoms with Gasteiger partial charge in [-0.2, -0.15) is 31.3 Å². The van der Waals surface area contributed by atoms with Crippen LogP contribution in [0.4, 0.5) is 26.3 Å². The summed E-state index contributed by atoms with van der Waals surface area (Å²) in [5.74, 6) is 0.712. The molecule has 0 aliphatic carbocycles. The minimum absolute atomic E-state index is 0.0150. The molecule has 0 spiro atoms. The Bertz CT molecular complexity index is 2270. The molecule has 6 aromatic rings. The summed E-state index contributed by atoms with van der Waals surface area (Å²) in [5.41, 5.74) is 1.93. The fraction of sp³-hybridized carbons (Fsp3) is 0.289. The van der Waals surface area contributed by atoms with Crippen LogP contribution in [0.2, 0.25) is 0 Å². The van der Waals surface area contributed by atoms with Crippen LogP contribution in [0, 0.1) is 0 Å². The number of rotatable bonds is 12. The Morgan fingerprint density at radius 1 is 0.857 bits per heavy atom. The van der Waals surface area contributed by atoms with E-state index in [4.69, 9.17) is 18.7 Å². The van der Waals surface area contributed by atoms with E-state index < -0.39 is 24.5 Å². The Hall–Kier alpha value is -6.01. The number of hydrogen-bond donors (Lipinski definition) is 0. The standard InChI is InChI=1S/C38H33F6N7O5/c1-53-17-16-51-31-19-29(55-33-21-45-30(20-46-33)35-47-34(48-56-35)25-4-7-27(8-5-25)38(42,43)44)11-6-26(31)18-32(51)36(52)50-14-12-49(13-15-50)22-24-2-9-28(10-3-24)54-23-37(39,40)41/h2-11,18-21H,12-17,22-23H2,1H3. The highest BCUT2D eigenvalue weighted by Crippen LogP contribution is 2.32. The lowest BCUT2D eigenvalue weighted by Crippen LogP contribution is -2.48. The largest absolute Gasteiger partial charge is 0.484 e. The number of benzene rings is 3. The van der Waals surface area contributed by atoms with Crippen molar-refractivity contribution >= 4 is 16.8 Å². The fourth-order valence-corrected chi connectivity index (χ4v) is 6.14. The summed E-state index contributed by atoms with van der Waals surface area (Å²) < 4.78 is 99.5. The second-order valence-electron chi connectivity index (χ2n) is 12.9. The molecule has 3 aromatic heterocycles. The molecule has 7 rings (SSSR count). The first-order chi connectivity index (χ1) is 26.8. The first kappa shape index (κ1) is 38.3. The molecular weight excluding hydrogens is 748 g/mol. The molecule has 1 fully saturated rings. The lowest BCUT2D eigenvalue weighted by atomic mass is 10.1. The number of nitrogens with zero attached hydrogens (tertiary/aromatic N) is 7. The molecule has 1 saturated heterocycles. The second-order valence-corrected chi connectivity index (χ2v) is 12.9. The van der Waals surface area contributed by atoms with Crippen LogP contribution in [0.3, 0.4) is 0 Å². The number of hydrogen-bond acceptors (Lipinski definition) is 10. The van der Waals surface area contributed by atoms with Gasteiger partial charge in [0.1, 0.15) is 22.9 Å². The van der Waals surface area contributed by atoms with E-state index in [1.165, 1.54) is 36.7 Å². The van der Waals surface area contributed by atoms with Crippen LogP contribution < -0.4 is 9.47 Å². The van der Waals surface area contributed by atoms with Crippen LogP contribution in [-0.4, -0.2) is 93.1 Å². The molecule has 0 unspecified atom stereocenters. The zero-order chi connectivity index (χ0) is 39.5. The maximum absolute atomic E-state index is 13.9. The topological polar surface area (TPSA) is 121 Å². The van der Waals surface area contributed by atoms with E-state index in [-0.39, 0.29) is 34.9 Å². The van der Waals surface area contributed by atoms with Crippen LogP contribution in [0.1, 0.15) is 21.6 Å². The Morgan fingerprint density at radius 2 is 1.59 bits per heavy atom. The van der Waals surface area contributed by atoms with E-state index >= 15 is 0 Å². The first-order valence-electron chi connectivity index (χ1n) is 17.3. The maximum Gasteiger partial charge on any atom is 0.422 e. The first-order valence-corrected chi connectivity index (χ1v) is 17.3.